The zero-order chi connectivity index (χ0) is 28.8. The molecule has 1 N–H and O–H groups in total. The minimum absolute atomic E-state index is 0.0139. The Kier molecular flexibility index (Phi) is 8.39. The SMILES string of the molecule is C[C@@](O)(c1ccc(N2CCN(S(=O)(=O)c3ccccc3S)C[C@@H]2CN(C2CCC2)S(C)(=O)=O)cc1)C(F)(F)F. The van der Waals surface area contributed by atoms with Crippen molar-refractivity contribution in [2.45, 2.75) is 59.8 Å². The van der Waals surface area contributed by atoms with E-state index in [1.54, 1.807) is 18.2 Å². The van der Waals surface area contributed by atoms with Gasteiger partial charge in [-0.25, -0.2) is 16.8 Å². The Labute approximate surface area is 232 Å². The summed E-state index contributed by atoms with van der Waals surface area (Å²) in [6, 6.07) is 10.7. The Morgan fingerprint density at radius 2 is 1.64 bits per heavy atom. The zero-order valence-electron chi connectivity index (χ0n) is 21.5. The van der Waals surface area contributed by atoms with Gasteiger partial charge in [0.1, 0.15) is 0 Å². The number of alkyl halides is 3. The molecule has 14 heteroatoms. The summed E-state index contributed by atoms with van der Waals surface area (Å²) in [7, 11) is -7.57. The quantitative estimate of drug-likeness (QED) is 0.447. The molecule has 2 atom stereocenters. The van der Waals surface area contributed by atoms with Gasteiger partial charge < -0.3 is 10.0 Å². The Morgan fingerprint density at radius 1 is 1.03 bits per heavy atom. The lowest BCUT2D eigenvalue weighted by atomic mass is 9.92. The molecule has 39 heavy (non-hydrogen) atoms. The van der Waals surface area contributed by atoms with Crippen molar-refractivity contribution in [3.8, 4) is 0 Å². The van der Waals surface area contributed by atoms with Crippen molar-refractivity contribution in [1.82, 2.24) is 8.61 Å². The fourth-order valence-electron chi connectivity index (χ4n) is 4.93. The number of thiol groups is 1. The van der Waals surface area contributed by atoms with E-state index in [0.29, 0.717) is 25.5 Å². The maximum absolute atomic E-state index is 13.5. The minimum Gasteiger partial charge on any atom is -0.376 e. The zero-order valence-corrected chi connectivity index (χ0v) is 24.1. The molecule has 2 fully saturated rings. The molecule has 0 aromatic heterocycles. The minimum atomic E-state index is -4.88. The van der Waals surface area contributed by atoms with Crippen LogP contribution in [0.15, 0.2) is 58.3 Å². The number of sulfonamides is 2. The van der Waals surface area contributed by atoms with Gasteiger partial charge in [0.25, 0.3) is 0 Å². The van der Waals surface area contributed by atoms with Gasteiger partial charge in [-0.2, -0.15) is 21.8 Å². The number of aliphatic hydroxyl groups is 1. The molecule has 0 amide bonds. The van der Waals surface area contributed by atoms with Crippen molar-refractivity contribution >= 4 is 38.4 Å². The van der Waals surface area contributed by atoms with Gasteiger partial charge >= 0.3 is 6.18 Å². The first-order valence-electron chi connectivity index (χ1n) is 12.4. The number of hydrogen-bond donors (Lipinski definition) is 2. The van der Waals surface area contributed by atoms with Gasteiger partial charge in [-0.15, -0.1) is 12.6 Å². The number of hydrogen-bond acceptors (Lipinski definition) is 7. The summed E-state index contributed by atoms with van der Waals surface area (Å²) in [6.45, 7) is 0.906. The fourth-order valence-corrected chi connectivity index (χ4v) is 8.19. The summed E-state index contributed by atoms with van der Waals surface area (Å²) >= 11 is 4.30. The summed E-state index contributed by atoms with van der Waals surface area (Å²) in [5, 5.41) is 10.0. The van der Waals surface area contributed by atoms with Crippen LogP contribution in [0.3, 0.4) is 0 Å². The average molecular weight is 608 g/mol. The summed E-state index contributed by atoms with van der Waals surface area (Å²) in [5.74, 6) is 0. The Balaban J connectivity index is 1.68. The molecule has 0 spiro atoms. The van der Waals surface area contributed by atoms with Crippen molar-refractivity contribution in [1.29, 1.82) is 0 Å². The van der Waals surface area contributed by atoms with Crippen molar-refractivity contribution < 1.29 is 35.1 Å². The molecular weight excluding hydrogens is 575 g/mol. The van der Waals surface area contributed by atoms with Crippen molar-refractivity contribution in [3.05, 3.63) is 54.1 Å². The molecule has 1 heterocycles. The fraction of sp³-hybridized carbons (Fsp3) is 0.520. The summed E-state index contributed by atoms with van der Waals surface area (Å²) in [5.41, 5.74) is -2.89. The third-order valence-corrected chi connectivity index (χ3v) is 11.3. The van der Waals surface area contributed by atoms with Crippen LogP contribution in [0.1, 0.15) is 31.7 Å². The Hall–Kier alpha value is -1.84. The summed E-state index contributed by atoms with van der Waals surface area (Å²) < 4.78 is 95.2. The lowest BCUT2D eigenvalue weighted by molar-refractivity contribution is -0.258. The van der Waals surface area contributed by atoms with Crippen LogP contribution < -0.4 is 4.90 Å². The van der Waals surface area contributed by atoms with E-state index in [2.05, 4.69) is 12.6 Å². The van der Waals surface area contributed by atoms with Gasteiger partial charge in [0.15, 0.2) is 5.60 Å². The van der Waals surface area contributed by atoms with Crippen LogP contribution in [-0.4, -0.2) is 81.2 Å². The molecule has 0 radical (unpaired) electrons. The smallest absolute Gasteiger partial charge is 0.376 e. The molecule has 8 nitrogen and oxygen atoms in total. The van der Waals surface area contributed by atoms with Gasteiger partial charge in [0, 0.05) is 42.8 Å². The molecule has 2 aromatic rings. The van der Waals surface area contributed by atoms with Gasteiger partial charge in [-0.05, 0) is 49.6 Å². The number of rotatable bonds is 8. The maximum atomic E-state index is 13.5. The molecule has 4 rings (SSSR count). The van der Waals surface area contributed by atoms with E-state index in [1.807, 2.05) is 4.90 Å². The highest BCUT2D eigenvalue weighted by Gasteiger charge is 2.51. The van der Waals surface area contributed by atoms with Gasteiger partial charge in [-0.1, -0.05) is 30.7 Å². The first-order chi connectivity index (χ1) is 18.0. The second kappa shape index (κ2) is 10.9. The van der Waals surface area contributed by atoms with Gasteiger partial charge in [-0.3, -0.25) is 0 Å². The first kappa shape index (κ1) is 30.1. The Morgan fingerprint density at radius 3 is 2.15 bits per heavy atom. The molecule has 2 aliphatic rings. The monoisotopic (exact) mass is 607 g/mol. The van der Waals surface area contributed by atoms with E-state index in [1.165, 1.54) is 38.9 Å². The number of anilines is 1. The molecular formula is C25H32F3N3O5S3. The maximum Gasteiger partial charge on any atom is 0.421 e. The Bertz CT molecular complexity index is 1400. The lowest BCUT2D eigenvalue weighted by Gasteiger charge is -2.46. The van der Waals surface area contributed by atoms with Crippen molar-refractivity contribution in [2.75, 3.05) is 37.3 Å². The van der Waals surface area contributed by atoms with Crippen LogP contribution >= 0.6 is 12.6 Å². The largest absolute Gasteiger partial charge is 0.421 e. The average Bonchev–Trinajstić information content (AvgIpc) is 2.81. The van der Waals surface area contributed by atoms with E-state index in [0.717, 1.165) is 12.7 Å². The van der Waals surface area contributed by atoms with Crippen molar-refractivity contribution in [3.63, 3.8) is 0 Å². The molecule has 1 saturated heterocycles. The van der Waals surface area contributed by atoms with Crippen molar-refractivity contribution in [2.24, 2.45) is 0 Å². The molecule has 0 unspecified atom stereocenters. The molecule has 216 valence electrons. The number of nitrogens with zero attached hydrogens (tertiary/aromatic N) is 3. The highest BCUT2D eigenvalue weighted by molar-refractivity contribution is 7.90. The molecule has 1 aliphatic carbocycles. The number of piperazine rings is 1. The van der Waals surface area contributed by atoms with E-state index in [-0.39, 0.29) is 47.6 Å². The third kappa shape index (κ3) is 6.10. The van der Waals surface area contributed by atoms with Crippen LogP contribution in [0, 0.1) is 0 Å². The second-order valence-electron chi connectivity index (χ2n) is 10.2. The topological polar surface area (TPSA) is 98.2 Å². The molecule has 1 aliphatic heterocycles. The van der Waals surface area contributed by atoms with E-state index in [9.17, 15) is 35.1 Å². The van der Waals surface area contributed by atoms with E-state index in [4.69, 9.17) is 0 Å². The van der Waals surface area contributed by atoms with Gasteiger partial charge in [0.2, 0.25) is 20.0 Å². The van der Waals surface area contributed by atoms with E-state index < -0.39 is 37.9 Å². The highest BCUT2D eigenvalue weighted by atomic mass is 32.2. The lowest BCUT2D eigenvalue weighted by Crippen LogP contribution is -2.60. The normalized spacial score (nSPS) is 21.5. The second-order valence-corrected chi connectivity index (χ2v) is 14.5. The summed E-state index contributed by atoms with van der Waals surface area (Å²) in [6.07, 6.45) is -1.45. The first-order valence-corrected chi connectivity index (χ1v) is 16.2. The predicted molar refractivity (Wildman–Crippen MR) is 145 cm³/mol. The standard InChI is InChI=1S/C25H32F3N3O5S3/c1-24(32,25(26,27)28)18-10-12-19(13-11-18)30-15-14-29(39(35,36)23-9-4-3-8-22(23)37)16-21(30)17-31(38(2,33)34)20-6-5-7-20/h3-4,8-13,20-21,32,37H,5-7,14-17H2,1-2H3/t21-,24-/m1/s1. The number of halogens is 3. The molecule has 1 saturated carbocycles. The van der Waals surface area contributed by atoms with Crippen LogP contribution in [0.2, 0.25) is 0 Å². The van der Waals surface area contributed by atoms with Crippen LogP contribution in [0.5, 0.6) is 0 Å². The molecule has 0 bridgehead atoms. The summed E-state index contributed by atoms with van der Waals surface area (Å²) in [4.78, 5) is 2.15. The van der Waals surface area contributed by atoms with Crippen LogP contribution in [-0.2, 0) is 25.6 Å². The van der Waals surface area contributed by atoms with E-state index >= 15 is 0 Å². The number of benzene rings is 2. The highest BCUT2D eigenvalue weighted by Crippen LogP contribution is 2.39. The third-order valence-electron chi connectivity index (χ3n) is 7.54. The van der Waals surface area contributed by atoms with Gasteiger partial charge in [0.05, 0.1) is 17.2 Å². The predicted octanol–water partition coefficient (Wildman–Crippen LogP) is 3.44. The van der Waals surface area contributed by atoms with Crippen LogP contribution in [0.4, 0.5) is 18.9 Å². The van der Waals surface area contributed by atoms with Crippen LogP contribution in [0.25, 0.3) is 0 Å². The molecule has 2 aromatic carbocycles.